The number of rotatable bonds is 4. The third-order valence-electron chi connectivity index (χ3n) is 6.13. The van der Waals surface area contributed by atoms with Gasteiger partial charge in [-0.3, -0.25) is 9.59 Å². The molecule has 9 heteroatoms. The number of carbonyl (C=O) groups excluding carboxylic acids is 1. The van der Waals surface area contributed by atoms with Gasteiger partial charge < -0.3 is 9.88 Å². The van der Waals surface area contributed by atoms with Gasteiger partial charge in [-0.25, -0.2) is 14.6 Å². The fourth-order valence-corrected chi connectivity index (χ4v) is 5.16. The number of amides is 1. The highest BCUT2D eigenvalue weighted by atomic mass is 32.1. The molecule has 5 aromatic rings. The van der Waals surface area contributed by atoms with E-state index in [0.29, 0.717) is 26.8 Å². The van der Waals surface area contributed by atoms with Gasteiger partial charge in [0, 0.05) is 25.3 Å². The second-order valence-corrected chi connectivity index (χ2v) is 9.46. The molecule has 35 heavy (non-hydrogen) atoms. The number of benzene rings is 2. The number of hydrogen-bond donors (Lipinski definition) is 1. The molecule has 176 valence electrons. The number of thiazole rings is 1. The first-order valence-corrected chi connectivity index (χ1v) is 11.9. The molecule has 0 aliphatic carbocycles. The predicted octanol–water partition coefficient (Wildman–Crippen LogP) is 4.64. The van der Waals surface area contributed by atoms with Crippen LogP contribution in [0.2, 0.25) is 0 Å². The van der Waals surface area contributed by atoms with E-state index in [2.05, 4.69) is 20.0 Å². The molecule has 2 aromatic carbocycles. The van der Waals surface area contributed by atoms with Gasteiger partial charge in [0.2, 0.25) is 0 Å². The molecule has 0 fully saturated rings. The second kappa shape index (κ2) is 8.59. The first-order valence-electron chi connectivity index (χ1n) is 11.1. The smallest absolute Gasteiger partial charge is 0.277 e. The molecule has 0 saturated carbocycles. The number of anilines is 1. The third-order valence-corrected chi connectivity index (χ3v) is 7.30. The molecule has 0 aliphatic heterocycles. The van der Waals surface area contributed by atoms with Crippen LogP contribution in [0.4, 0.5) is 5.69 Å². The van der Waals surface area contributed by atoms with Crippen LogP contribution in [-0.4, -0.2) is 30.2 Å². The molecular weight excluding hydrogens is 460 g/mol. The standard InChI is InChI=1S/C26H24N6O2S/c1-14-15(2)30-32(5)26(34)21(14)25-27-16(3)22(35-25)24(33)28-18-12-10-17(11-13-18)23-29-19-8-6-7-9-20(19)31(23)4/h6-13H,1-5H3,(H,28,33). The quantitative estimate of drug-likeness (QED) is 0.401. The lowest BCUT2D eigenvalue weighted by atomic mass is 10.1. The molecule has 1 N–H and O–H groups in total. The van der Waals surface area contributed by atoms with Crippen molar-refractivity contribution in [3.8, 4) is 22.0 Å². The summed E-state index contributed by atoms with van der Waals surface area (Å²) in [6.07, 6.45) is 0. The number of aromatic nitrogens is 5. The van der Waals surface area contributed by atoms with E-state index in [1.165, 1.54) is 16.0 Å². The molecule has 8 nitrogen and oxygen atoms in total. The van der Waals surface area contributed by atoms with Crippen molar-refractivity contribution >= 4 is 34.0 Å². The van der Waals surface area contributed by atoms with Crippen molar-refractivity contribution < 1.29 is 4.79 Å². The molecule has 0 radical (unpaired) electrons. The Kier molecular flexibility index (Phi) is 5.56. The van der Waals surface area contributed by atoms with E-state index in [4.69, 9.17) is 4.98 Å². The Hall–Kier alpha value is -4.11. The van der Waals surface area contributed by atoms with E-state index < -0.39 is 0 Å². The molecule has 1 amide bonds. The zero-order chi connectivity index (χ0) is 24.9. The van der Waals surface area contributed by atoms with Crippen molar-refractivity contribution in [2.24, 2.45) is 14.1 Å². The highest BCUT2D eigenvalue weighted by molar-refractivity contribution is 7.17. The summed E-state index contributed by atoms with van der Waals surface area (Å²) in [4.78, 5) is 35.5. The van der Waals surface area contributed by atoms with Crippen LogP contribution in [0, 0.1) is 20.8 Å². The number of para-hydroxylation sites is 2. The Morgan fingerprint density at radius 3 is 2.37 bits per heavy atom. The summed E-state index contributed by atoms with van der Waals surface area (Å²) in [5.41, 5.74) is 5.98. The third kappa shape index (κ3) is 3.93. The maximum absolute atomic E-state index is 13.1. The molecule has 3 heterocycles. The minimum atomic E-state index is -0.262. The zero-order valence-electron chi connectivity index (χ0n) is 20.1. The minimum absolute atomic E-state index is 0.230. The van der Waals surface area contributed by atoms with E-state index in [9.17, 15) is 9.59 Å². The summed E-state index contributed by atoms with van der Waals surface area (Å²) < 4.78 is 3.36. The van der Waals surface area contributed by atoms with Crippen LogP contribution in [0.3, 0.4) is 0 Å². The number of imidazole rings is 1. The van der Waals surface area contributed by atoms with Gasteiger partial charge in [0.1, 0.15) is 15.7 Å². The lowest BCUT2D eigenvalue weighted by Gasteiger charge is -2.07. The van der Waals surface area contributed by atoms with Crippen LogP contribution in [0.1, 0.15) is 26.6 Å². The molecule has 0 unspecified atom stereocenters. The normalized spacial score (nSPS) is 11.2. The van der Waals surface area contributed by atoms with E-state index in [1.54, 1.807) is 14.0 Å². The Morgan fingerprint density at radius 2 is 1.66 bits per heavy atom. The van der Waals surface area contributed by atoms with Crippen LogP contribution < -0.4 is 10.9 Å². The van der Waals surface area contributed by atoms with Gasteiger partial charge in [-0.2, -0.15) is 5.10 Å². The zero-order valence-corrected chi connectivity index (χ0v) is 20.9. The van der Waals surface area contributed by atoms with Crippen molar-refractivity contribution in [1.29, 1.82) is 0 Å². The molecule has 5 rings (SSSR count). The van der Waals surface area contributed by atoms with E-state index in [0.717, 1.165) is 33.7 Å². The number of fused-ring (bicyclic) bond motifs is 1. The number of hydrogen-bond acceptors (Lipinski definition) is 6. The Balaban J connectivity index is 1.41. The fraction of sp³-hybridized carbons (Fsp3) is 0.192. The number of nitrogens with one attached hydrogen (secondary N) is 1. The lowest BCUT2D eigenvalue weighted by molar-refractivity contribution is 0.103. The van der Waals surface area contributed by atoms with Crippen molar-refractivity contribution in [1.82, 2.24) is 24.3 Å². The average molecular weight is 485 g/mol. The van der Waals surface area contributed by atoms with Crippen molar-refractivity contribution in [2.45, 2.75) is 20.8 Å². The van der Waals surface area contributed by atoms with E-state index in [1.807, 2.05) is 69.4 Å². The fourth-order valence-electron chi connectivity index (χ4n) is 4.11. The summed E-state index contributed by atoms with van der Waals surface area (Å²) in [6.45, 7) is 5.48. The first-order chi connectivity index (χ1) is 16.7. The molecule has 0 aliphatic rings. The van der Waals surface area contributed by atoms with Gasteiger partial charge in [0.15, 0.2) is 0 Å². The maximum Gasteiger partial charge on any atom is 0.277 e. The van der Waals surface area contributed by atoms with Crippen LogP contribution >= 0.6 is 11.3 Å². The van der Waals surface area contributed by atoms with Crippen LogP contribution in [0.25, 0.3) is 33.0 Å². The maximum atomic E-state index is 13.1. The van der Waals surface area contributed by atoms with E-state index in [-0.39, 0.29) is 11.5 Å². The highest BCUT2D eigenvalue weighted by Gasteiger charge is 2.21. The molecule has 0 saturated heterocycles. The van der Waals surface area contributed by atoms with Crippen molar-refractivity contribution in [3.05, 3.63) is 80.7 Å². The summed E-state index contributed by atoms with van der Waals surface area (Å²) >= 11 is 1.21. The predicted molar refractivity (Wildman–Crippen MR) is 139 cm³/mol. The largest absolute Gasteiger partial charge is 0.327 e. The molecule has 0 atom stereocenters. The van der Waals surface area contributed by atoms with Crippen molar-refractivity contribution in [2.75, 3.05) is 5.32 Å². The second-order valence-electron chi connectivity index (χ2n) is 8.46. The van der Waals surface area contributed by atoms with Gasteiger partial charge in [-0.1, -0.05) is 12.1 Å². The van der Waals surface area contributed by atoms with Gasteiger partial charge in [-0.15, -0.1) is 11.3 Å². The highest BCUT2D eigenvalue weighted by Crippen LogP contribution is 2.30. The van der Waals surface area contributed by atoms with Gasteiger partial charge >= 0.3 is 0 Å². The Bertz CT molecular complexity index is 1660. The topological polar surface area (TPSA) is 94.7 Å². The van der Waals surface area contributed by atoms with Crippen LogP contribution in [0.5, 0.6) is 0 Å². The SMILES string of the molecule is Cc1nc(-c2c(C)c(C)nn(C)c2=O)sc1C(=O)Nc1ccc(-c2nc3ccccc3n2C)cc1. The number of carbonyl (C=O) groups is 1. The summed E-state index contributed by atoms with van der Waals surface area (Å²) in [6, 6.07) is 15.6. The monoisotopic (exact) mass is 484 g/mol. The number of aryl methyl sites for hydroxylation is 4. The molecule has 0 bridgehead atoms. The lowest BCUT2D eigenvalue weighted by Crippen LogP contribution is -2.23. The minimum Gasteiger partial charge on any atom is -0.327 e. The van der Waals surface area contributed by atoms with Gasteiger partial charge in [0.05, 0.1) is 28.0 Å². The number of nitrogens with zero attached hydrogens (tertiary/aromatic N) is 5. The van der Waals surface area contributed by atoms with Crippen LogP contribution in [-0.2, 0) is 14.1 Å². The van der Waals surface area contributed by atoms with Crippen LogP contribution in [0.15, 0.2) is 53.3 Å². The van der Waals surface area contributed by atoms with Gasteiger partial charge in [-0.05, 0) is 62.7 Å². The van der Waals surface area contributed by atoms with E-state index >= 15 is 0 Å². The van der Waals surface area contributed by atoms with Gasteiger partial charge in [0.25, 0.3) is 11.5 Å². The molecule has 0 spiro atoms. The Morgan fingerprint density at radius 1 is 0.943 bits per heavy atom. The first kappa shape index (κ1) is 22.7. The Labute approximate surface area is 205 Å². The summed E-state index contributed by atoms with van der Waals surface area (Å²) in [5.74, 6) is 0.596. The summed E-state index contributed by atoms with van der Waals surface area (Å²) in [7, 11) is 3.60. The molecular formula is C26H24N6O2S. The summed E-state index contributed by atoms with van der Waals surface area (Å²) in [5, 5.41) is 7.69. The molecule has 3 aromatic heterocycles. The van der Waals surface area contributed by atoms with Crippen molar-refractivity contribution in [3.63, 3.8) is 0 Å². The average Bonchev–Trinajstić information content (AvgIpc) is 3.39.